The van der Waals surface area contributed by atoms with E-state index in [0.717, 1.165) is 31.1 Å². The lowest BCUT2D eigenvalue weighted by atomic mass is 9.94. The molecule has 2 aliphatic rings. The molecule has 27 heavy (non-hydrogen) atoms. The van der Waals surface area contributed by atoms with Crippen molar-refractivity contribution in [3.8, 4) is 5.75 Å². The van der Waals surface area contributed by atoms with Crippen LogP contribution in [0.2, 0.25) is 0 Å². The Bertz CT molecular complexity index is 803. The third-order valence-corrected chi connectivity index (χ3v) is 5.19. The van der Waals surface area contributed by atoms with Crippen LogP contribution < -0.4 is 4.74 Å². The van der Waals surface area contributed by atoms with Crippen molar-refractivity contribution in [2.45, 2.75) is 19.6 Å². The molecular formula is C22H26N2O3. The summed E-state index contributed by atoms with van der Waals surface area (Å²) in [6.07, 6.45) is 0.155. The topological polar surface area (TPSA) is 43.3 Å². The van der Waals surface area contributed by atoms with Gasteiger partial charge in [0, 0.05) is 26.7 Å². The Morgan fingerprint density at radius 3 is 2.78 bits per heavy atom. The number of nitrogens with zero attached hydrogens (tertiary/aromatic N) is 2. The van der Waals surface area contributed by atoms with Crippen LogP contribution in [0.4, 0.5) is 0 Å². The molecule has 0 amide bonds. The highest BCUT2D eigenvalue weighted by Gasteiger charge is 2.42. The van der Waals surface area contributed by atoms with E-state index < -0.39 is 0 Å². The predicted octanol–water partition coefficient (Wildman–Crippen LogP) is 3.26. The number of oxime groups is 1. The standard InChI is InChI=1S/C22H26N2O3/c1-16-6-8-18(9-7-16)22-20-14-24(15-21(20)27-23-22)13-17-4-3-5-19(12-17)26-11-10-25-2/h3-9,12,20-21H,10-11,13-15H2,1-2H3/t20-,21-/m1/s1. The van der Waals surface area contributed by atoms with Gasteiger partial charge in [-0.1, -0.05) is 47.1 Å². The van der Waals surface area contributed by atoms with Crippen molar-refractivity contribution >= 4 is 5.71 Å². The van der Waals surface area contributed by atoms with Gasteiger partial charge >= 0.3 is 0 Å². The van der Waals surface area contributed by atoms with Crippen molar-refractivity contribution in [3.63, 3.8) is 0 Å². The summed E-state index contributed by atoms with van der Waals surface area (Å²) in [6.45, 7) is 6.02. The Hall–Kier alpha value is -2.37. The Morgan fingerprint density at radius 1 is 1.11 bits per heavy atom. The van der Waals surface area contributed by atoms with Crippen LogP contribution in [-0.2, 0) is 16.1 Å². The van der Waals surface area contributed by atoms with Gasteiger partial charge in [0.25, 0.3) is 0 Å². The number of likely N-dealkylation sites (tertiary alicyclic amines) is 1. The molecule has 1 fully saturated rings. The normalized spacial score (nSPS) is 21.6. The van der Waals surface area contributed by atoms with Crippen molar-refractivity contribution in [2.75, 3.05) is 33.4 Å². The lowest BCUT2D eigenvalue weighted by molar-refractivity contribution is 0.0745. The highest BCUT2D eigenvalue weighted by Crippen LogP contribution is 2.31. The van der Waals surface area contributed by atoms with Crippen molar-refractivity contribution in [1.29, 1.82) is 0 Å². The Kier molecular flexibility index (Phi) is 5.41. The Labute approximate surface area is 160 Å². The predicted molar refractivity (Wildman–Crippen MR) is 105 cm³/mol. The minimum absolute atomic E-state index is 0.155. The first-order valence-corrected chi connectivity index (χ1v) is 9.47. The average molecular weight is 366 g/mol. The summed E-state index contributed by atoms with van der Waals surface area (Å²) >= 11 is 0. The first kappa shape index (κ1) is 18.0. The van der Waals surface area contributed by atoms with Gasteiger partial charge < -0.3 is 14.3 Å². The molecule has 0 radical (unpaired) electrons. The van der Waals surface area contributed by atoms with Crippen molar-refractivity contribution in [1.82, 2.24) is 4.90 Å². The number of rotatable bonds is 7. The summed E-state index contributed by atoms with van der Waals surface area (Å²) in [7, 11) is 1.68. The first-order valence-electron chi connectivity index (χ1n) is 9.47. The fourth-order valence-corrected chi connectivity index (χ4v) is 3.77. The Balaban J connectivity index is 1.38. The van der Waals surface area contributed by atoms with Gasteiger partial charge in [-0.05, 0) is 30.2 Å². The molecule has 2 aromatic rings. The average Bonchev–Trinajstić information content (AvgIpc) is 3.23. The van der Waals surface area contributed by atoms with E-state index in [2.05, 4.69) is 53.4 Å². The van der Waals surface area contributed by atoms with Gasteiger partial charge in [0.15, 0.2) is 0 Å². The van der Waals surface area contributed by atoms with Crippen LogP contribution in [0.5, 0.6) is 5.75 Å². The molecular weight excluding hydrogens is 340 g/mol. The first-order chi connectivity index (χ1) is 13.2. The number of methoxy groups -OCH3 is 1. The van der Waals surface area contributed by atoms with Crippen molar-refractivity contribution in [2.24, 2.45) is 11.1 Å². The summed E-state index contributed by atoms with van der Waals surface area (Å²) in [5.74, 6) is 1.23. The van der Waals surface area contributed by atoms with Gasteiger partial charge in [0.2, 0.25) is 0 Å². The van der Waals surface area contributed by atoms with Crippen LogP contribution in [-0.4, -0.2) is 50.1 Å². The van der Waals surface area contributed by atoms with E-state index >= 15 is 0 Å². The van der Waals surface area contributed by atoms with E-state index in [9.17, 15) is 0 Å². The maximum absolute atomic E-state index is 5.74. The molecule has 5 heteroatoms. The van der Waals surface area contributed by atoms with Gasteiger partial charge in [-0.3, -0.25) is 4.90 Å². The smallest absolute Gasteiger partial charge is 0.149 e. The molecule has 4 rings (SSSR count). The fourth-order valence-electron chi connectivity index (χ4n) is 3.77. The summed E-state index contributed by atoms with van der Waals surface area (Å²) < 4.78 is 10.8. The largest absolute Gasteiger partial charge is 0.491 e. The number of ether oxygens (including phenoxy) is 2. The molecule has 0 bridgehead atoms. The molecule has 2 atom stereocenters. The second-order valence-corrected chi connectivity index (χ2v) is 7.28. The van der Waals surface area contributed by atoms with Gasteiger partial charge in [-0.2, -0.15) is 0 Å². The van der Waals surface area contributed by atoms with Gasteiger partial charge in [-0.25, -0.2) is 0 Å². The Morgan fingerprint density at radius 2 is 1.96 bits per heavy atom. The summed E-state index contributed by atoms with van der Waals surface area (Å²) in [6, 6.07) is 16.8. The number of hydrogen-bond donors (Lipinski definition) is 0. The lowest BCUT2D eigenvalue weighted by Crippen LogP contribution is -2.23. The van der Waals surface area contributed by atoms with E-state index in [1.54, 1.807) is 7.11 Å². The zero-order valence-electron chi connectivity index (χ0n) is 15.9. The molecule has 2 aromatic carbocycles. The van der Waals surface area contributed by atoms with Crippen molar-refractivity contribution < 1.29 is 14.3 Å². The lowest BCUT2D eigenvalue weighted by Gasteiger charge is -2.17. The number of benzene rings is 2. The second-order valence-electron chi connectivity index (χ2n) is 7.28. The van der Waals surface area contributed by atoms with Crippen LogP contribution in [0.15, 0.2) is 53.7 Å². The highest BCUT2D eigenvalue weighted by molar-refractivity contribution is 6.03. The van der Waals surface area contributed by atoms with E-state index in [4.69, 9.17) is 14.3 Å². The zero-order valence-corrected chi connectivity index (χ0v) is 15.9. The van der Waals surface area contributed by atoms with Crippen LogP contribution in [0.1, 0.15) is 16.7 Å². The maximum Gasteiger partial charge on any atom is 0.149 e. The third-order valence-electron chi connectivity index (χ3n) is 5.19. The van der Waals surface area contributed by atoms with Crippen LogP contribution in [0.3, 0.4) is 0 Å². The van der Waals surface area contributed by atoms with Gasteiger partial charge in [0.05, 0.1) is 18.2 Å². The van der Waals surface area contributed by atoms with E-state index in [1.165, 1.54) is 16.7 Å². The van der Waals surface area contributed by atoms with E-state index in [0.29, 0.717) is 19.1 Å². The molecule has 0 N–H and O–H groups in total. The number of hydrogen-bond acceptors (Lipinski definition) is 5. The third kappa shape index (κ3) is 4.15. The molecule has 2 heterocycles. The summed E-state index contributed by atoms with van der Waals surface area (Å²) in [5.41, 5.74) is 4.76. The van der Waals surface area contributed by atoms with Gasteiger partial charge in [-0.15, -0.1) is 0 Å². The molecule has 5 nitrogen and oxygen atoms in total. The molecule has 0 saturated carbocycles. The summed E-state index contributed by atoms with van der Waals surface area (Å²) in [4.78, 5) is 8.18. The number of fused-ring (bicyclic) bond motifs is 1. The van der Waals surface area contributed by atoms with E-state index in [-0.39, 0.29) is 6.10 Å². The SMILES string of the molecule is COCCOc1cccc(CN2C[C@H]3ON=C(c4ccc(C)cc4)[C@@H]3C2)c1. The van der Waals surface area contributed by atoms with Crippen molar-refractivity contribution in [3.05, 3.63) is 65.2 Å². The second kappa shape index (κ2) is 8.11. The molecule has 0 unspecified atom stereocenters. The zero-order chi connectivity index (χ0) is 18.6. The van der Waals surface area contributed by atoms with Crippen LogP contribution in [0.25, 0.3) is 0 Å². The minimum Gasteiger partial charge on any atom is -0.491 e. The fraction of sp³-hybridized carbons (Fsp3) is 0.409. The van der Waals surface area contributed by atoms with Gasteiger partial charge in [0.1, 0.15) is 18.5 Å². The summed E-state index contributed by atoms with van der Waals surface area (Å²) in [5, 5.41) is 4.38. The molecule has 2 aliphatic heterocycles. The monoisotopic (exact) mass is 366 g/mol. The molecule has 1 saturated heterocycles. The minimum atomic E-state index is 0.155. The maximum atomic E-state index is 5.74. The highest BCUT2D eigenvalue weighted by atomic mass is 16.6. The van der Waals surface area contributed by atoms with E-state index in [1.807, 2.05) is 12.1 Å². The van der Waals surface area contributed by atoms with Crippen LogP contribution >= 0.6 is 0 Å². The molecule has 0 aromatic heterocycles. The quantitative estimate of drug-likeness (QED) is 0.706. The number of aryl methyl sites for hydroxylation is 1. The molecule has 142 valence electrons. The van der Waals surface area contributed by atoms with Crippen LogP contribution in [0, 0.1) is 12.8 Å². The molecule has 0 spiro atoms. The molecule has 0 aliphatic carbocycles.